The summed E-state index contributed by atoms with van der Waals surface area (Å²) in [6, 6.07) is 8.39. The van der Waals surface area contributed by atoms with Crippen LogP contribution in [0.3, 0.4) is 0 Å². The number of thioether (sulfide) groups is 1. The molecule has 0 saturated heterocycles. The molecule has 2 heteroatoms. The van der Waals surface area contributed by atoms with Crippen molar-refractivity contribution in [1.29, 1.82) is 0 Å². The number of aliphatic hydroxyl groups is 1. The van der Waals surface area contributed by atoms with Crippen LogP contribution in [0.15, 0.2) is 24.3 Å². The van der Waals surface area contributed by atoms with Gasteiger partial charge in [0.15, 0.2) is 0 Å². The molecule has 0 bridgehead atoms. The maximum absolute atomic E-state index is 9.54. The molecule has 0 saturated carbocycles. The number of hydrogen-bond acceptors (Lipinski definition) is 2. The Bertz CT molecular complexity index is 289. The summed E-state index contributed by atoms with van der Waals surface area (Å²) in [6.07, 6.45) is 0. The molecule has 0 aliphatic rings. The van der Waals surface area contributed by atoms with Gasteiger partial charge in [0, 0.05) is 11.5 Å². The second-order valence-electron chi connectivity index (χ2n) is 4.23. The van der Waals surface area contributed by atoms with E-state index in [2.05, 4.69) is 31.2 Å². The SMILES string of the molecule is Cc1ccccc1CSCC(C)(C)O. The van der Waals surface area contributed by atoms with E-state index in [4.69, 9.17) is 0 Å². The second-order valence-corrected chi connectivity index (χ2v) is 5.22. The third kappa shape index (κ3) is 4.16. The first-order chi connectivity index (χ1) is 6.49. The van der Waals surface area contributed by atoms with Gasteiger partial charge in [-0.2, -0.15) is 11.8 Å². The van der Waals surface area contributed by atoms with E-state index < -0.39 is 5.60 Å². The van der Waals surface area contributed by atoms with Crippen molar-refractivity contribution < 1.29 is 5.11 Å². The number of hydrogen-bond donors (Lipinski definition) is 1. The maximum atomic E-state index is 9.54. The fraction of sp³-hybridized carbons (Fsp3) is 0.500. The summed E-state index contributed by atoms with van der Waals surface area (Å²) in [4.78, 5) is 0. The van der Waals surface area contributed by atoms with E-state index in [1.54, 1.807) is 11.8 Å². The highest BCUT2D eigenvalue weighted by Gasteiger charge is 2.11. The van der Waals surface area contributed by atoms with Gasteiger partial charge in [-0.25, -0.2) is 0 Å². The van der Waals surface area contributed by atoms with E-state index in [0.717, 1.165) is 11.5 Å². The van der Waals surface area contributed by atoms with Gasteiger partial charge in [-0.1, -0.05) is 24.3 Å². The molecule has 14 heavy (non-hydrogen) atoms. The van der Waals surface area contributed by atoms with E-state index in [9.17, 15) is 5.11 Å². The minimum atomic E-state index is -0.562. The molecular weight excluding hydrogens is 192 g/mol. The molecule has 0 aromatic heterocycles. The van der Waals surface area contributed by atoms with Gasteiger partial charge in [0.2, 0.25) is 0 Å². The summed E-state index contributed by atoms with van der Waals surface area (Å²) in [7, 11) is 0. The lowest BCUT2D eigenvalue weighted by Gasteiger charge is -2.16. The Kier molecular flexibility index (Phi) is 4.02. The van der Waals surface area contributed by atoms with Gasteiger partial charge in [0.1, 0.15) is 0 Å². The maximum Gasteiger partial charge on any atom is 0.0681 e. The predicted molar refractivity (Wildman–Crippen MR) is 63.6 cm³/mol. The molecule has 0 radical (unpaired) electrons. The molecule has 0 aliphatic carbocycles. The smallest absolute Gasteiger partial charge is 0.0681 e. The Balaban J connectivity index is 2.43. The average molecular weight is 210 g/mol. The largest absolute Gasteiger partial charge is 0.390 e. The molecule has 1 nitrogen and oxygen atoms in total. The number of rotatable bonds is 4. The zero-order valence-corrected chi connectivity index (χ0v) is 9.90. The third-order valence-corrected chi connectivity index (χ3v) is 3.40. The van der Waals surface area contributed by atoms with Crippen LogP contribution in [-0.4, -0.2) is 16.5 Å². The monoisotopic (exact) mass is 210 g/mol. The normalized spacial score (nSPS) is 11.7. The van der Waals surface area contributed by atoms with Crippen molar-refractivity contribution in [2.75, 3.05) is 5.75 Å². The number of benzene rings is 1. The first-order valence-corrected chi connectivity index (χ1v) is 5.99. The summed E-state index contributed by atoms with van der Waals surface area (Å²) >= 11 is 1.78. The summed E-state index contributed by atoms with van der Waals surface area (Å²) in [5.41, 5.74) is 2.13. The Morgan fingerprint density at radius 3 is 2.50 bits per heavy atom. The predicted octanol–water partition coefficient (Wildman–Crippen LogP) is 3.00. The number of aryl methyl sites for hydroxylation is 1. The first-order valence-electron chi connectivity index (χ1n) is 4.84. The molecule has 0 heterocycles. The van der Waals surface area contributed by atoms with Crippen LogP contribution in [0.25, 0.3) is 0 Å². The second kappa shape index (κ2) is 4.85. The van der Waals surface area contributed by atoms with Crippen LogP contribution >= 0.6 is 11.8 Å². The summed E-state index contributed by atoms with van der Waals surface area (Å²) in [6.45, 7) is 5.82. The highest BCUT2D eigenvalue weighted by atomic mass is 32.2. The molecule has 0 spiro atoms. The fourth-order valence-corrected chi connectivity index (χ4v) is 2.33. The van der Waals surface area contributed by atoms with Crippen LogP contribution < -0.4 is 0 Å². The van der Waals surface area contributed by atoms with Gasteiger partial charge in [0.05, 0.1) is 5.60 Å². The molecule has 0 atom stereocenters. The lowest BCUT2D eigenvalue weighted by molar-refractivity contribution is 0.107. The van der Waals surface area contributed by atoms with Gasteiger partial charge >= 0.3 is 0 Å². The molecular formula is C12H18OS. The van der Waals surface area contributed by atoms with E-state index >= 15 is 0 Å². The quantitative estimate of drug-likeness (QED) is 0.824. The van der Waals surface area contributed by atoms with Crippen molar-refractivity contribution in [2.24, 2.45) is 0 Å². The standard InChI is InChI=1S/C12H18OS/c1-10-6-4-5-7-11(10)8-14-9-12(2,3)13/h4-7,13H,8-9H2,1-3H3. The molecule has 78 valence electrons. The van der Waals surface area contributed by atoms with E-state index in [0.29, 0.717) is 0 Å². The topological polar surface area (TPSA) is 20.2 Å². The van der Waals surface area contributed by atoms with Crippen molar-refractivity contribution in [1.82, 2.24) is 0 Å². The van der Waals surface area contributed by atoms with Gasteiger partial charge in [-0.3, -0.25) is 0 Å². The summed E-state index contributed by atoms with van der Waals surface area (Å²) < 4.78 is 0. The van der Waals surface area contributed by atoms with Crippen LogP contribution in [0.5, 0.6) is 0 Å². The van der Waals surface area contributed by atoms with Gasteiger partial charge in [-0.05, 0) is 31.9 Å². The molecule has 0 aliphatic heterocycles. The van der Waals surface area contributed by atoms with E-state index in [1.807, 2.05) is 13.8 Å². The van der Waals surface area contributed by atoms with Crippen molar-refractivity contribution in [3.8, 4) is 0 Å². The van der Waals surface area contributed by atoms with Crippen LogP contribution in [0, 0.1) is 6.92 Å². The molecule has 1 aromatic rings. The summed E-state index contributed by atoms with van der Waals surface area (Å²) in [5, 5.41) is 9.54. The fourth-order valence-electron chi connectivity index (χ4n) is 1.18. The lowest BCUT2D eigenvalue weighted by Crippen LogP contribution is -2.21. The van der Waals surface area contributed by atoms with Crippen molar-refractivity contribution in [2.45, 2.75) is 32.1 Å². The molecule has 0 unspecified atom stereocenters. The van der Waals surface area contributed by atoms with Crippen LogP contribution in [0.4, 0.5) is 0 Å². The molecule has 0 amide bonds. The Morgan fingerprint density at radius 1 is 1.29 bits per heavy atom. The van der Waals surface area contributed by atoms with Crippen LogP contribution in [0.2, 0.25) is 0 Å². The van der Waals surface area contributed by atoms with Gasteiger partial charge in [-0.15, -0.1) is 0 Å². The van der Waals surface area contributed by atoms with Gasteiger partial charge in [0.25, 0.3) is 0 Å². The highest BCUT2D eigenvalue weighted by Crippen LogP contribution is 2.19. The van der Waals surface area contributed by atoms with Crippen molar-refractivity contribution in [3.05, 3.63) is 35.4 Å². The third-order valence-electron chi connectivity index (χ3n) is 1.97. The van der Waals surface area contributed by atoms with Crippen LogP contribution in [-0.2, 0) is 5.75 Å². The zero-order chi connectivity index (χ0) is 10.6. The van der Waals surface area contributed by atoms with Crippen LogP contribution in [0.1, 0.15) is 25.0 Å². The van der Waals surface area contributed by atoms with E-state index in [-0.39, 0.29) is 0 Å². The minimum absolute atomic E-state index is 0.562. The minimum Gasteiger partial charge on any atom is -0.390 e. The molecule has 1 aromatic carbocycles. The Morgan fingerprint density at radius 2 is 1.93 bits per heavy atom. The average Bonchev–Trinajstić information content (AvgIpc) is 2.06. The molecule has 1 N–H and O–H groups in total. The highest BCUT2D eigenvalue weighted by molar-refractivity contribution is 7.98. The molecule has 1 rings (SSSR count). The van der Waals surface area contributed by atoms with Crippen molar-refractivity contribution >= 4 is 11.8 Å². The Hall–Kier alpha value is -0.470. The first kappa shape index (κ1) is 11.6. The zero-order valence-electron chi connectivity index (χ0n) is 9.08. The van der Waals surface area contributed by atoms with E-state index in [1.165, 1.54) is 11.1 Å². The Labute approximate surface area is 90.5 Å². The van der Waals surface area contributed by atoms with Crippen molar-refractivity contribution in [3.63, 3.8) is 0 Å². The van der Waals surface area contributed by atoms with Gasteiger partial charge < -0.3 is 5.11 Å². The summed E-state index contributed by atoms with van der Waals surface area (Å²) in [5.74, 6) is 1.76. The lowest BCUT2D eigenvalue weighted by atomic mass is 10.1. The molecule has 0 fully saturated rings.